The maximum absolute atomic E-state index is 14.1. The van der Waals surface area contributed by atoms with E-state index in [1.807, 2.05) is 0 Å². The first-order valence-electron chi connectivity index (χ1n) is 8.73. The first-order valence-corrected chi connectivity index (χ1v) is 8.73. The highest BCUT2D eigenvalue weighted by Gasteiger charge is 2.46. The molecular weight excluding hydrogens is 309 g/mol. The summed E-state index contributed by atoms with van der Waals surface area (Å²) < 4.78 is 20.0. The van der Waals surface area contributed by atoms with Crippen molar-refractivity contribution >= 4 is 5.91 Å². The van der Waals surface area contributed by atoms with E-state index in [0.717, 1.165) is 12.8 Å². The quantitative estimate of drug-likeness (QED) is 0.904. The lowest BCUT2D eigenvalue weighted by atomic mass is 9.79. The summed E-state index contributed by atoms with van der Waals surface area (Å²) in [4.78, 5) is 14.8. The summed E-state index contributed by atoms with van der Waals surface area (Å²) in [6.07, 6.45) is 2.45. The molecule has 1 atom stereocenters. The maximum atomic E-state index is 14.1. The van der Waals surface area contributed by atoms with Gasteiger partial charge in [0.15, 0.2) is 0 Å². The Bertz CT molecular complexity index is 608. The minimum absolute atomic E-state index is 0.0762. The summed E-state index contributed by atoms with van der Waals surface area (Å²) in [7, 11) is 0. The van der Waals surface area contributed by atoms with Crippen LogP contribution in [0.4, 0.5) is 4.39 Å². The fourth-order valence-corrected chi connectivity index (χ4v) is 3.96. The van der Waals surface area contributed by atoms with Gasteiger partial charge in [-0.05, 0) is 45.6 Å². The monoisotopic (exact) mass is 335 g/mol. The molecule has 1 aromatic carbocycles. The number of likely N-dealkylation sites (tertiary alicyclic amines) is 1. The van der Waals surface area contributed by atoms with Gasteiger partial charge in [0.05, 0.1) is 17.1 Å². The standard InChI is InChI=1S/C19H26FNO3/c1-18(2,14-6-3-4-7-15(14)20)17(23)21-11-9-19(10-12-21)16(22)8-5-13-24-19/h3-4,6-7,16,22H,5,8-13H2,1-2H3/t16-/m0/s1. The molecule has 4 nitrogen and oxygen atoms in total. The van der Waals surface area contributed by atoms with Crippen LogP contribution >= 0.6 is 0 Å². The van der Waals surface area contributed by atoms with E-state index in [1.54, 1.807) is 36.9 Å². The molecular formula is C19H26FNO3. The van der Waals surface area contributed by atoms with Gasteiger partial charge in [0.25, 0.3) is 0 Å². The second-order valence-corrected chi connectivity index (χ2v) is 7.47. The molecule has 132 valence electrons. The molecule has 0 aliphatic carbocycles. The highest BCUT2D eigenvalue weighted by Crippen LogP contribution is 2.37. The zero-order valence-electron chi connectivity index (χ0n) is 14.4. The van der Waals surface area contributed by atoms with Crippen LogP contribution < -0.4 is 0 Å². The fraction of sp³-hybridized carbons (Fsp3) is 0.632. The van der Waals surface area contributed by atoms with Crippen molar-refractivity contribution in [3.05, 3.63) is 35.6 Å². The van der Waals surface area contributed by atoms with Gasteiger partial charge < -0.3 is 14.7 Å². The van der Waals surface area contributed by atoms with Crippen LogP contribution in [0.15, 0.2) is 24.3 Å². The number of carbonyl (C=O) groups excluding carboxylic acids is 1. The van der Waals surface area contributed by atoms with E-state index in [-0.39, 0.29) is 11.7 Å². The summed E-state index contributed by atoms with van der Waals surface area (Å²) in [6.45, 7) is 5.28. The number of aliphatic hydroxyl groups excluding tert-OH is 1. The van der Waals surface area contributed by atoms with Crippen molar-refractivity contribution in [2.75, 3.05) is 19.7 Å². The van der Waals surface area contributed by atoms with Crippen LogP contribution in [0.1, 0.15) is 45.1 Å². The third-order valence-corrected chi connectivity index (χ3v) is 5.60. The van der Waals surface area contributed by atoms with E-state index in [2.05, 4.69) is 0 Å². The molecule has 5 heteroatoms. The van der Waals surface area contributed by atoms with Gasteiger partial charge >= 0.3 is 0 Å². The second-order valence-electron chi connectivity index (χ2n) is 7.47. The predicted molar refractivity (Wildman–Crippen MR) is 89.2 cm³/mol. The number of carbonyl (C=O) groups is 1. The Labute approximate surface area is 142 Å². The number of benzene rings is 1. The van der Waals surface area contributed by atoms with Gasteiger partial charge in [-0.1, -0.05) is 18.2 Å². The number of halogens is 1. The first kappa shape index (κ1) is 17.4. The number of piperidine rings is 1. The summed E-state index contributed by atoms with van der Waals surface area (Å²) in [6, 6.07) is 6.45. The summed E-state index contributed by atoms with van der Waals surface area (Å²) in [5.74, 6) is -0.428. The molecule has 1 amide bonds. The van der Waals surface area contributed by atoms with Gasteiger partial charge in [0, 0.05) is 25.3 Å². The predicted octanol–water partition coefficient (Wildman–Crippen LogP) is 2.64. The van der Waals surface area contributed by atoms with Crippen molar-refractivity contribution < 1.29 is 19.0 Å². The molecule has 2 aliphatic heterocycles. The van der Waals surface area contributed by atoms with Crippen LogP contribution in [0.5, 0.6) is 0 Å². The van der Waals surface area contributed by atoms with Crippen molar-refractivity contribution in [1.29, 1.82) is 0 Å². The molecule has 2 fully saturated rings. The van der Waals surface area contributed by atoms with Crippen molar-refractivity contribution in [3.8, 4) is 0 Å². The van der Waals surface area contributed by atoms with E-state index in [0.29, 0.717) is 38.1 Å². The number of aliphatic hydroxyl groups is 1. The van der Waals surface area contributed by atoms with Gasteiger partial charge in [-0.3, -0.25) is 4.79 Å². The van der Waals surface area contributed by atoms with Crippen molar-refractivity contribution in [2.45, 2.75) is 56.7 Å². The average molecular weight is 335 g/mol. The third kappa shape index (κ3) is 2.95. The molecule has 24 heavy (non-hydrogen) atoms. The lowest BCUT2D eigenvalue weighted by Gasteiger charge is -2.47. The van der Waals surface area contributed by atoms with Crippen molar-refractivity contribution in [1.82, 2.24) is 4.90 Å². The zero-order chi connectivity index (χ0) is 17.4. The Morgan fingerprint density at radius 2 is 2.00 bits per heavy atom. The van der Waals surface area contributed by atoms with Crippen LogP contribution in [0.2, 0.25) is 0 Å². The Morgan fingerprint density at radius 1 is 1.33 bits per heavy atom. The topological polar surface area (TPSA) is 49.8 Å². The van der Waals surface area contributed by atoms with Crippen LogP contribution in [-0.2, 0) is 14.9 Å². The van der Waals surface area contributed by atoms with Gasteiger partial charge in [0.1, 0.15) is 5.82 Å². The van der Waals surface area contributed by atoms with Crippen LogP contribution in [0.3, 0.4) is 0 Å². The van der Waals surface area contributed by atoms with E-state index in [4.69, 9.17) is 4.74 Å². The smallest absolute Gasteiger partial charge is 0.232 e. The van der Waals surface area contributed by atoms with Crippen molar-refractivity contribution in [3.63, 3.8) is 0 Å². The summed E-state index contributed by atoms with van der Waals surface area (Å²) in [5.41, 5.74) is -0.997. The molecule has 0 radical (unpaired) electrons. The SMILES string of the molecule is CC(C)(C(=O)N1CCC2(CC1)OCCC[C@@H]2O)c1ccccc1F. The molecule has 0 aromatic heterocycles. The number of hydrogen-bond donors (Lipinski definition) is 1. The molecule has 1 N–H and O–H groups in total. The third-order valence-electron chi connectivity index (χ3n) is 5.60. The fourth-order valence-electron chi connectivity index (χ4n) is 3.96. The first-order chi connectivity index (χ1) is 11.4. The normalized spacial score (nSPS) is 24.2. The Hall–Kier alpha value is -1.46. The lowest BCUT2D eigenvalue weighted by Crippen LogP contribution is -2.57. The van der Waals surface area contributed by atoms with Crippen molar-refractivity contribution in [2.24, 2.45) is 0 Å². The van der Waals surface area contributed by atoms with Crippen LogP contribution in [-0.4, -0.2) is 47.3 Å². The molecule has 0 saturated carbocycles. The summed E-state index contributed by atoms with van der Waals surface area (Å²) >= 11 is 0. The molecule has 2 heterocycles. The van der Waals surface area contributed by atoms with Crippen LogP contribution in [0, 0.1) is 5.82 Å². The van der Waals surface area contributed by atoms with Gasteiger partial charge in [-0.15, -0.1) is 0 Å². The lowest BCUT2D eigenvalue weighted by molar-refractivity contribution is -0.180. The Kier molecular flexibility index (Phi) is 4.67. The Morgan fingerprint density at radius 3 is 2.62 bits per heavy atom. The van der Waals surface area contributed by atoms with E-state index in [9.17, 15) is 14.3 Å². The maximum Gasteiger partial charge on any atom is 0.232 e. The number of nitrogens with zero attached hydrogens (tertiary/aromatic N) is 1. The molecule has 0 bridgehead atoms. The zero-order valence-corrected chi connectivity index (χ0v) is 14.4. The Balaban J connectivity index is 1.72. The number of hydrogen-bond acceptors (Lipinski definition) is 3. The molecule has 2 saturated heterocycles. The summed E-state index contributed by atoms with van der Waals surface area (Å²) in [5, 5.41) is 10.3. The van der Waals surface area contributed by atoms with Crippen LogP contribution in [0.25, 0.3) is 0 Å². The van der Waals surface area contributed by atoms with Gasteiger partial charge in [-0.2, -0.15) is 0 Å². The molecule has 1 spiro atoms. The highest BCUT2D eigenvalue weighted by molar-refractivity contribution is 5.87. The highest BCUT2D eigenvalue weighted by atomic mass is 19.1. The minimum atomic E-state index is -0.915. The molecule has 2 aliphatic rings. The number of rotatable bonds is 2. The van der Waals surface area contributed by atoms with Gasteiger partial charge in [-0.25, -0.2) is 4.39 Å². The largest absolute Gasteiger partial charge is 0.390 e. The molecule has 3 rings (SSSR count). The van der Waals surface area contributed by atoms with Gasteiger partial charge in [0.2, 0.25) is 5.91 Å². The molecule has 0 unspecified atom stereocenters. The van der Waals surface area contributed by atoms with E-state index >= 15 is 0 Å². The van der Waals surface area contributed by atoms with E-state index in [1.165, 1.54) is 6.07 Å². The van der Waals surface area contributed by atoms with E-state index < -0.39 is 17.1 Å². The average Bonchev–Trinajstić information content (AvgIpc) is 2.58. The minimum Gasteiger partial charge on any atom is -0.390 e. The number of ether oxygens (including phenoxy) is 1. The second kappa shape index (κ2) is 6.45. The number of amides is 1. The molecule has 1 aromatic rings.